The average molecular weight is 533 g/mol. The minimum Gasteiger partial charge on any atom is -0.508 e. The molecule has 1 heterocycles. The first-order chi connectivity index (χ1) is 19.1. The summed E-state index contributed by atoms with van der Waals surface area (Å²) in [4.78, 5) is 4.15. The van der Waals surface area contributed by atoms with E-state index in [2.05, 4.69) is 75.1 Å². The maximum atomic E-state index is 9.51. The molecule has 3 aromatic carbocycles. The van der Waals surface area contributed by atoms with Crippen molar-refractivity contribution >= 4 is 5.69 Å². The largest absolute Gasteiger partial charge is 0.508 e. The van der Waals surface area contributed by atoms with Crippen LogP contribution >= 0.6 is 0 Å². The van der Waals surface area contributed by atoms with E-state index in [9.17, 15) is 5.11 Å². The van der Waals surface area contributed by atoms with Gasteiger partial charge in [-0.05, 0) is 125 Å². The molecule has 0 unspecified atom stereocenters. The van der Waals surface area contributed by atoms with Crippen LogP contribution in [0.1, 0.15) is 85.0 Å². The molecule has 0 bridgehead atoms. The van der Waals surface area contributed by atoms with Gasteiger partial charge in [-0.1, -0.05) is 76.2 Å². The van der Waals surface area contributed by atoms with Crippen LogP contribution in [0.2, 0.25) is 0 Å². The number of rotatable bonds is 6. The first kappa shape index (κ1) is 28.0. The average Bonchev–Trinajstić information content (AvgIpc) is 3.41. The third-order valence-electron chi connectivity index (χ3n) is 8.98. The van der Waals surface area contributed by atoms with Gasteiger partial charge in [-0.3, -0.25) is 4.98 Å². The number of nitrogen functional groups attached to an aromatic ring is 1. The van der Waals surface area contributed by atoms with Gasteiger partial charge in [0.2, 0.25) is 0 Å². The van der Waals surface area contributed by atoms with Crippen LogP contribution < -0.4 is 5.73 Å². The lowest BCUT2D eigenvalue weighted by Gasteiger charge is -2.19. The summed E-state index contributed by atoms with van der Waals surface area (Å²) >= 11 is 0. The van der Waals surface area contributed by atoms with Gasteiger partial charge in [-0.25, -0.2) is 0 Å². The molecular formula is C37H44N2O. The molecule has 0 fully saturated rings. The number of pyridine rings is 1. The molecule has 0 amide bonds. The van der Waals surface area contributed by atoms with Crippen LogP contribution in [0.15, 0.2) is 79.1 Å². The third kappa shape index (κ3) is 6.58. The van der Waals surface area contributed by atoms with Gasteiger partial charge in [-0.2, -0.15) is 0 Å². The number of aromatic nitrogens is 1. The molecule has 2 aliphatic rings. The van der Waals surface area contributed by atoms with Crippen molar-refractivity contribution in [3.63, 3.8) is 0 Å². The molecule has 40 heavy (non-hydrogen) atoms. The second kappa shape index (κ2) is 11.5. The maximum absolute atomic E-state index is 9.51. The third-order valence-corrected chi connectivity index (χ3v) is 8.98. The molecule has 3 heteroatoms. The van der Waals surface area contributed by atoms with Crippen LogP contribution in [0.3, 0.4) is 0 Å². The number of anilines is 1. The number of hydrogen-bond acceptors (Lipinski definition) is 3. The minimum atomic E-state index is 0.330. The van der Waals surface area contributed by atoms with E-state index < -0.39 is 0 Å². The van der Waals surface area contributed by atoms with Crippen LogP contribution in [0.4, 0.5) is 5.69 Å². The summed E-state index contributed by atoms with van der Waals surface area (Å²) < 4.78 is 0. The van der Waals surface area contributed by atoms with Crippen molar-refractivity contribution in [3.05, 3.63) is 124 Å². The number of benzene rings is 3. The van der Waals surface area contributed by atoms with E-state index in [4.69, 9.17) is 5.73 Å². The van der Waals surface area contributed by atoms with Crippen LogP contribution in [-0.4, -0.2) is 10.1 Å². The van der Waals surface area contributed by atoms with Gasteiger partial charge in [0.1, 0.15) is 5.75 Å². The van der Waals surface area contributed by atoms with Gasteiger partial charge in [0.05, 0.1) is 5.69 Å². The Morgan fingerprint density at radius 3 is 1.70 bits per heavy atom. The number of nitrogens with zero attached hydrogens (tertiary/aromatic N) is 1. The maximum Gasteiger partial charge on any atom is 0.115 e. The zero-order valence-electron chi connectivity index (χ0n) is 24.6. The predicted octanol–water partition coefficient (Wildman–Crippen LogP) is 8.07. The number of aromatic hydroxyl groups is 1. The van der Waals surface area contributed by atoms with E-state index in [0.29, 0.717) is 16.6 Å². The van der Waals surface area contributed by atoms with Crippen LogP contribution in [0.5, 0.6) is 5.75 Å². The van der Waals surface area contributed by atoms with Crippen LogP contribution in [0.25, 0.3) is 0 Å². The van der Waals surface area contributed by atoms with Gasteiger partial charge in [0, 0.05) is 12.4 Å². The Labute approximate surface area is 240 Å². The zero-order chi connectivity index (χ0) is 28.3. The molecule has 1 aromatic heterocycles. The SMILES string of the molecule is CC1(C)CCc2ccc(CCc3cccc(O)c3)cc21.CC1(C)CCc2ccc(CCc3cncc(N)c3)cc21. The molecule has 0 atom stereocenters. The molecule has 0 saturated carbocycles. The number of aryl methyl sites for hydroxylation is 6. The molecule has 3 nitrogen and oxygen atoms in total. The second-order valence-electron chi connectivity index (χ2n) is 13.0. The zero-order valence-corrected chi connectivity index (χ0v) is 24.6. The molecule has 4 aromatic rings. The molecule has 0 saturated heterocycles. The van der Waals surface area contributed by atoms with E-state index in [1.54, 1.807) is 17.8 Å². The van der Waals surface area contributed by atoms with E-state index in [1.165, 1.54) is 64.6 Å². The molecule has 0 aliphatic heterocycles. The first-order valence-corrected chi connectivity index (χ1v) is 14.8. The fourth-order valence-corrected chi connectivity index (χ4v) is 6.35. The van der Waals surface area contributed by atoms with Gasteiger partial charge in [0.15, 0.2) is 0 Å². The van der Waals surface area contributed by atoms with Gasteiger partial charge < -0.3 is 10.8 Å². The number of phenols is 1. The normalized spacial score (nSPS) is 16.1. The molecule has 3 N–H and O–H groups in total. The van der Waals surface area contributed by atoms with Crippen LogP contribution in [-0.2, 0) is 49.4 Å². The van der Waals surface area contributed by atoms with Gasteiger partial charge >= 0.3 is 0 Å². The Balaban J connectivity index is 0.000000161. The van der Waals surface area contributed by atoms with E-state index in [-0.39, 0.29) is 0 Å². The summed E-state index contributed by atoms with van der Waals surface area (Å²) in [7, 11) is 0. The topological polar surface area (TPSA) is 59.1 Å². The summed E-state index contributed by atoms with van der Waals surface area (Å²) in [5.74, 6) is 0.359. The van der Waals surface area contributed by atoms with E-state index in [0.717, 1.165) is 31.4 Å². The summed E-state index contributed by atoms with van der Waals surface area (Å²) in [5.41, 5.74) is 18.6. The quantitative estimate of drug-likeness (QED) is 0.264. The summed E-state index contributed by atoms with van der Waals surface area (Å²) in [6, 6.07) is 23.6. The highest BCUT2D eigenvalue weighted by Crippen LogP contribution is 2.39. The highest BCUT2D eigenvalue weighted by Gasteiger charge is 2.30. The number of nitrogens with two attached hydrogens (primary N) is 1. The first-order valence-electron chi connectivity index (χ1n) is 14.8. The summed E-state index contributed by atoms with van der Waals surface area (Å²) in [6.45, 7) is 9.39. The lowest BCUT2D eigenvalue weighted by molar-refractivity contribution is 0.474. The van der Waals surface area contributed by atoms with E-state index >= 15 is 0 Å². The molecule has 208 valence electrons. The van der Waals surface area contributed by atoms with Gasteiger partial charge in [-0.15, -0.1) is 0 Å². The Hall–Kier alpha value is -3.59. The minimum absolute atomic E-state index is 0.330. The predicted molar refractivity (Wildman–Crippen MR) is 167 cm³/mol. The lowest BCUT2D eigenvalue weighted by Crippen LogP contribution is -2.12. The molecular weight excluding hydrogens is 488 g/mol. The molecule has 0 radical (unpaired) electrons. The number of hydrogen-bond donors (Lipinski definition) is 2. The van der Waals surface area contributed by atoms with Crippen molar-refractivity contribution in [3.8, 4) is 5.75 Å². The highest BCUT2D eigenvalue weighted by molar-refractivity contribution is 5.43. The number of phenolic OH excluding ortho intramolecular Hbond substituents is 1. The monoisotopic (exact) mass is 532 g/mol. The smallest absolute Gasteiger partial charge is 0.115 e. The fourth-order valence-electron chi connectivity index (χ4n) is 6.35. The summed E-state index contributed by atoms with van der Waals surface area (Å²) in [6.07, 6.45) is 12.6. The van der Waals surface area contributed by atoms with Crippen molar-refractivity contribution in [1.29, 1.82) is 0 Å². The van der Waals surface area contributed by atoms with Gasteiger partial charge in [0.25, 0.3) is 0 Å². The van der Waals surface area contributed by atoms with Crippen molar-refractivity contribution < 1.29 is 5.11 Å². The highest BCUT2D eigenvalue weighted by atomic mass is 16.3. The van der Waals surface area contributed by atoms with E-state index in [1.807, 2.05) is 24.4 Å². The molecule has 6 rings (SSSR count). The Morgan fingerprint density at radius 1 is 0.650 bits per heavy atom. The van der Waals surface area contributed by atoms with Crippen molar-refractivity contribution in [2.24, 2.45) is 0 Å². The molecule has 2 aliphatic carbocycles. The lowest BCUT2D eigenvalue weighted by atomic mass is 9.85. The Bertz CT molecular complexity index is 1370. The standard InChI is InChI=1S/C19H22O.C18H22N2/c1-19(2)11-10-16-9-8-15(13-18(16)19)7-6-14-4-3-5-17(20)12-14;1-18(2)8-7-15-6-5-13(10-17(15)18)3-4-14-9-16(19)12-20-11-14/h3-5,8-9,12-13,20H,6-7,10-11H2,1-2H3;5-6,9-12H,3-4,7-8,19H2,1-2H3. The molecule has 0 spiro atoms. The second-order valence-corrected chi connectivity index (χ2v) is 13.0. The Morgan fingerprint density at radius 2 is 1.18 bits per heavy atom. The Kier molecular flexibility index (Phi) is 8.03. The van der Waals surface area contributed by atoms with Crippen molar-refractivity contribution in [2.45, 2.75) is 89.9 Å². The van der Waals surface area contributed by atoms with Crippen molar-refractivity contribution in [1.82, 2.24) is 4.98 Å². The van der Waals surface area contributed by atoms with Crippen molar-refractivity contribution in [2.75, 3.05) is 5.73 Å². The van der Waals surface area contributed by atoms with Crippen LogP contribution in [0, 0.1) is 0 Å². The summed E-state index contributed by atoms with van der Waals surface area (Å²) in [5, 5.41) is 9.51. The number of fused-ring (bicyclic) bond motifs is 2. The fraction of sp³-hybridized carbons (Fsp3) is 0.378.